The molecule has 0 bridgehead atoms. The summed E-state index contributed by atoms with van der Waals surface area (Å²) in [5, 5.41) is 3.42. The molecule has 1 aromatic carbocycles. The van der Waals surface area contributed by atoms with E-state index in [2.05, 4.69) is 57.4 Å². The molecule has 1 aromatic heterocycles. The van der Waals surface area contributed by atoms with Gasteiger partial charge >= 0.3 is 0 Å². The number of halogens is 1. The number of carbonyl (C=O) groups excluding carboxylic acids is 1. The van der Waals surface area contributed by atoms with E-state index in [4.69, 9.17) is 4.99 Å². The molecule has 2 aliphatic heterocycles. The second-order valence-corrected chi connectivity index (χ2v) is 8.83. The van der Waals surface area contributed by atoms with Gasteiger partial charge < -0.3 is 20.0 Å². The molecule has 1 unspecified atom stereocenters. The van der Waals surface area contributed by atoms with Crippen LogP contribution in [-0.4, -0.2) is 79.0 Å². The second kappa shape index (κ2) is 13.5. The summed E-state index contributed by atoms with van der Waals surface area (Å²) in [5.74, 6) is 2.77. The molecule has 4 rings (SSSR count). The van der Waals surface area contributed by atoms with Crippen molar-refractivity contribution in [3.8, 4) is 0 Å². The molecular formula is C26H37IN6O. The molecule has 2 aliphatic rings. The first kappa shape index (κ1) is 26.2. The number of piperazine rings is 1. The summed E-state index contributed by atoms with van der Waals surface area (Å²) in [6, 6.07) is 16.7. The van der Waals surface area contributed by atoms with E-state index < -0.39 is 0 Å². The van der Waals surface area contributed by atoms with E-state index >= 15 is 0 Å². The van der Waals surface area contributed by atoms with Crippen LogP contribution in [0.5, 0.6) is 0 Å². The highest BCUT2D eigenvalue weighted by molar-refractivity contribution is 14.0. The fourth-order valence-electron chi connectivity index (χ4n) is 4.71. The van der Waals surface area contributed by atoms with Gasteiger partial charge in [0.1, 0.15) is 5.82 Å². The Hall–Kier alpha value is -2.36. The molecule has 2 saturated heterocycles. The highest BCUT2D eigenvalue weighted by atomic mass is 127. The van der Waals surface area contributed by atoms with Crippen molar-refractivity contribution < 1.29 is 4.79 Å². The molecule has 1 atom stereocenters. The summed E-state index contributed by atoms with van der Waals surface area (Å²) in [6.07, 6.45) is 4.56. The van der Waals surface area contributed by atoms with Crippen molar-refractivity contribution in [3.05, 3.63) is 60.3 Å². The quantitative estimate of drug-likeness (QED) is 0.312. The van der Waals surface area contributed by atoms with Crippen molar-refractivity contribution in [2.45, 2.75) is 26.2 Å². The van der Waals surface area contributed by atoms with Crippen molar-refractivity contribution >= 4 is 41.7 Å². The van der Waals surface area contributed by atoms with Gasteiger partial charge in [-0.25, -0.2) is 4.98 Å². The number of aliphatic imine (C=N–C) groups is 1. The van der Waals surface area contributed by atoms with E-state index in [1.165, 1.54) is 12.0 Å². The smallest absolute Gasteiger partial charge is 0.224 e. The van der Waals surface area contributed by atoms with Gasteiger partial charge in [-0.3, -0.25) is 9.79 Å². The number of nitrogens with zero attached hydrogens (tertiary/aromatic N) is 5. The minimum Gasteiger partial charge on any atom is -0.357 e. The molecule has 1 N–H and O–H groups in total. The second-order valence-electron chi connectivity index (χ2n) is 8.83. The minimum absolute atomic E-state index is 0. The summed E-state index contributed by atoms with van der Waals surface area (Å²) < 4.78 is 0. The Morgan fingerprint density at radius 3 is 2.50 bits per heavy atom. The maximum Gasteiger partial charge on any atom is 0.224 e. The number of hydrogen-bond acceptors (Lipinski definition) is 4. The molecule has 7 nitrogen and oxygen atoms in total. The van der Waals surface area contributed by atoms with Crippen molar-refractivity contribution in [2.75, 3.05) is 57.3 Å². The predicted molar refractivity (Wildman–Crippen MR) is 149 cm³/mol. The average Bonchev–Trinajstić information content (AvgIpc) is 3.33. The zero-order chi connectivity index (χ0) is 22.9. The Labute approximate surface area is 220 Å². The lowest BCUT2D eigenvalue weighted by molar-refractivity contribution is -0.131. The summed E-state index contributed by atoms with van der Waals surface area (Å²) in [5.41, 5.74) is 1.40. The SMILES string of the molecule is CCNC(=NCCC(=O)N1CCN(c2ccccn2)CC1)N1CCC(Cc2ccccc2)C1.I. The number of nitrogens with one attached hydrogen (secondary N) is 1. The number of benzene rings is 1. The summed E-state index contributed by atoms with van der Waals surface area (Å²) in [4.78, 5) is 28.5. The molecule has 0 spiro atoms. The molecule has 34 heavy (non-hydrogen) atoms. The first-order chi connectivity index (χ1) is 16.2. The van der Waals surface area contributed by atoms with Gasteiger partial charge in [-0.2, -0.15) is 0 Å². The topological polar surface area (TPSA) is 64.1 Å². The number of aromatic nitrogens is 1. The molecule has 0 aliphatic carbocycles. The average molecular weight is 577 g/mol. The molecule has 0 saturated carbocycles. The third-order valence-corrected chi connectivity index (χ3v) is 6.48. The summed E-state index contributed by atoms with van der Waals surface area (Å²) in [6.45, 7) is 8.63. The number of amides is 1. The Morgan fingerprint density at radius 2 is 1.79 bits per heavy atom. The summed E-state index contributed by atoms with van der Waals surface area (Å²) in [7, 11) is 0. The van der Waals surface area contributed by atoms with Gasteiger partial charge in [0.15, 0.2) is 5.96 Å². The Bertz CT molecular complexity index is 902. The van der Waals surface area contributed by atoms with Gasteiger partial charge in [0.2, 0.25) is 5.91 Å². The van der Waals surface area contributed by atoms with E-state index in [0.29, 0.717) is 18.9 Å². The zero-order valence-corrected chi connectivity index (χ0v) is 22.4. The fraction of sp³-hybridized carbons (Fsp3) is 0.500. The molecule has 3 heterocycles. The van der Waals surface area contributed by atoms with E-state index in [1.807, 2.05) is 29.3 Å². The van der Waals surface area contributed by atoms with Gasteiger partial charge in [-0.15, -0.1) is 24.0 Å². The maximum absolute atomic E-state index is 12.7. The largest absolute Gasteiger partial charge is 0.357 e. The van der Waals surface area contributed by atoms with Gasteiger partial charge in [0.05, 0.1) is 6.54 Å². The third-order valence-electron chi connectivity index (χ3n) is 6.48. The Morgan fingerprint density at radius 1 is 1.03 bits per heavy atom. The number of hydrogen-bond donors (Lipinski definition) is 1. The number of likely N-dealkylation sites (tertiary alicyclic amines) is 1. The van der Waals surface area contributed by atoms with E-state index in [0.717, 1.165) is 64.0 Å². The molecule has 2 aromatic rings. The van der Waals surface area contributed by atoms with Crippen LogP contribution in [-0.2, 0) is 11.2 Å². The third kappa shape index (κ3) is 7.32. The summed E-state index contributed by atoms with van der Waals surface area (Å²) >= 11 is 0. The Balaban J connectivity index is 0.00000324. The van der Waals surface area contributed by atoms with Gasteiger partial charge in [0, 0.05) is 58.4 Å². The molecule has 8 heteroatoms. The number of rotatable bonds is 7. The van der Waals surface area contributed by atoms with Crippen LogP contribution in [0.1, 0.15) is 25.3 Å². The Kier molecular flexibility index (Phi) is 10.4. The van der Waals surface area contributed by atoms with Crippen LogP contribution in [0.4, 0.5) is 5.82 Å². The molecule has 1 amide bonds. The van der Waals surface area contributed by atoms with E-state index in [-0.39, 0.29) is 29.9 Å². The van der Waals surface area contributed by atoms with Gasteiger partial charge in [0.25, 0.3) is 0 Å². The maximum atomic E-state index is 12.7. The lowest BCUT2D eigenvalue weighted by atomic mass is 9.99. The van der Waals surface area contributed by atoms with Crippen LogP contribution in [0.3, 0.4) is 0 Å². The molecular weight excluding hydrogens is 539 g/mol. The highest BCUT2D eigenvalue weighted by Crippen LogP contribution is 2.21. The normalized spacial score (nSPS) is 18.6. The standard InChI is InChI=1S/C26H36N6O.HI/c1-2-27-26(32-15-12-23(21-32)20-22-8-4-3-5-9-22)29-14-11-25(33)31-18-16-30(17-19-31)24-10-6-7-13-28-24;/h3-10,13,23H,2,11-12,14-21H2,1H3,(H,27,29);1H. The fourth-order valence-corrected chi connectivity index (χ4v) is 4.71. The van der Waals surface area contributed by atoms with Crippen LogP contribution in [0.25, 0.3) is 0 Å². The van der Waals surface area contributed by atoms with Crippen molar-refractivity contribution in [2.24, 2.45) is 10.9 Å². The first-order valence-corrected chi connectivity index (χ1v) is 12.2. The van der Waals surface area contributed by atoms with Crippen LogP contribution >= 0.6 is 24.0 Å². The zero-order valence-electron chi connectivity index (χ0n) is 20.1. The van der Waals surface area contributed by atoms with Crippen LogP contribution in [0.2, 0.25) is 0 Å². The van der Waals surface area contributed by atoms with Gasteiger partial charge in [-0.05, 0) is 43.4 Å². The van der Waals surface area contributed by atoms with Crippen molar-refractivity contribution in [1.29, 1.82) is 0 Å². The molecule has 2 fully saturated rings. The van der Waals surface area contributed by atoms with Crippen LogP contribution in [0.15, 0.2) is 59.7 Å². The van der Waals surface area contributed by atoms with Crippen LogP contribution < -0.4 is 10.2 Å². The molecule has 0 radical (unpaired) electrons. The molecule has 184 valence electrons. The lowest BCUT2D eigenvalue weighted by Gasteiger charge is -2.35. The van der Waals surface area contributed by atoms with Crippen molar-refractivity contribution in [3.63, 3.8) is 0 Å². The first-order valence-electron chi connectivity index (χ1n) is 12.2. The number of pyridine rings is 1. The lowest BCUT2D eigenvalue weighted by Crippen LogP contribution is -2.49. The van der Waals surface area contributed by atoms with Crippen molar-refractivity contribution in [1.82, 2.24) is 20.1 Å². The number of anilines is 1. The highest BCUT2D eigenvalue weighted by Gasteiger charge is 2.25. The number of carbonyl (C=O) groups is 1. The van der Waals surface area contributed by atoms with E-state index in [1.54, 1.807) is 0 Å². The van der Waals surface area contributed by atoms with E-state index in [9.17, 15) is 4.79 Å². The van der Waals surface area contributed by atoms with Crippen LogP contribution in [0, 0.1) is 5.92 Å². The van der Waals surface area contributed by atoms with Gasteiger partial charge in [-0.1, -0.05) is 36.4 Å². The minimum atomic E-state index is 0. The number of guanidine groups is 1. The monoisotopic (exact) mass is 576 g/mol. The predicted octanol–water partition coefficient (Wildman–Crippen LogP) is 3.27.